The quantitative estimate of drug-likeness (QED) is 0.172. The van der Waals surface area contributed by atoms with Crippen molar-refractivity contribution in [2.24, 2.45) is 0 Å². The third kappa shape index (κ3) is 6.79. The number of nitrogens with one attached hydrogen (secondary N) is 1. The van der Waals surface area contributed by atoms with Gasteiger partial charge in [-0.05, 0) is 93.5 Å². The lowest BCUT2D eigenvalue weighted by atomic mass is 10.1. The molecule has 0 bridgehead atoms. The van der Waals surface area contributed by atoms with Gasteiger partial charge in [0.05, 0.1) is 11.1 Å². The molecular formula is C25H19BrFIN2O3. The number of rotatable bonds is 8. The molecule has 0 aliphatic carbocycles. The van der Waals surface area contributed by atoms with Crippen molar-refractivity contribution in [2.75, 3.05) is 11.9 Å². The normalized spacial score (nSPS) is 10.9. The van der Waals surface area contributed by atoms with E-state index in [0.717, 1.165) is 3.57 Å². The molecule has 0 unspecified atom stereocenters. The largest absolute Gasteiger partial charge is 0.490 e. The van der Waals surface area contributed by atoms with E-state index in [2.05, 4.69) is 43.8 Å². The molecule has 0 aromatic heterocycles. The van der Waals surface area contributed by atoms with Gasteiger partial charge >= 0.3 is 0 Å². The minimum absolute atomic E-state index is 0.0161. The molecule has 3 aromatic carbocycles. The fraction of sp³-hybridized carbons (Fsp3) is 0.120. The van der Waals surface area contributed by atoms with E-state index in [1.165, 1.54) is 12.1 Å². The molecule has 8 heteroatoms. The first-order valence-electron chi connectivity index (χ1n) is 9.92. The van der Waals surface area contributed by atoms with Crippen LogP contribution in [0.3, 0.4) is 0 Å². The van der Waals surface area contributed by atoms with Crippen LogP contribution in [0.25, 0.3) is 6.08 Å². The van der Waals surface area contributed by atoms with Gasteiger partial charge in [-0.3, -0.25) is 4.79 Å². The summed E-state index contributed by atoms with van der Waals surface area (Å²) in [4.78, 5) is 12.6. The number of ether oxygens (including phenoxy) is 2. The minimum atomic E-state index is -0.520. The number of carbonyl (C=O) groups excluding carboxylic acids is 1. The maximum atomic E-state index is 13.9. The number of hydrogen-bond acceptors (Lipinski definition) is 4. The van der Waals surface area contributed by atoms with Gasteiger partial charge in [0.1, 0.15) is 24.1 Å². The maximum Gasteiger partial charge on any atom is 0.266 e. The van der Waals surface area contributed by atoms with E-state index in [4.69, 9.17) is 9.47 Å². The molecule has 0 atom stereocenters. The summed E-state index contributed by atoms with van der Waals surface area (Å²) in [5, 5.41) is 12.3. The van der Waals surface area contributed by atoms with Crippen molar-refractivity contribution in [3.05, 3.63) is 91.2 Å². The highest BCUT2D eigenvalue weighted by molar-refractivity contribution is 14.1. The topological polar surface area (TPSA) is 71.3 Å². The molecule has 0 spiro atoms. The number of carbonyl (C=O) groups is 1. The summed E-state index contributed by atoms with van der Waals surface area (Å²) < 4.78 is 27.0. The summed E-state index contributed by atoms with van der Waals surface area (Å²) in [7, 11) is 0. The van der Waals surface area contributed by atoms with Crippen molar-refractivity contribution >= 4 is 56.2 Å². The molecule has 0 aliphatic heterocycles. The van der Waals surface area contributed by atoms with Gasteiger partial charge in [0.2, 0.25) is 0 Å². The van der Waals surface area contributed by atoms with Crippen LogP contribution < -0.4 is 14.8 Å². The van der Waals surface area contributed by atoms with E-state index in [9.17, 15) is 14.4 Å². The Morgan fingerprint density at radius 1 is 1.18 bits per heavy atom. The molecule has 0 saturated carbocycles. The summed E-state index contributed by atoms with van der Waals surface area (Å²) in [5.74, 6) is -0.0683. The average Bonchev–Trinajstić information content (AvgIpc) is 2.78. The van der Waals surface area contributed by atoms with Crippen molar-refractivity contribution in [2.45, 2.75) is 13.5 Å². The number of benzene rings is 3. The fourth-order valence-electron chi connectivity index (χ4n) is 2.92. The van der Waals surface area contributed by atoms with E-state index < -0.39 is 5.91 Å². The smallest absolute Gasteiger partial charge is 0.266 e. The highest BCUT2D eigenvalue weighted by atomic mass is 127. The summed E-state index contributed by atoms with van der Waals surface area (Å²) in [5.41, 5.74) is 1.51. The van der Waals surface area contributed by atoms with E-state index in [1.807, 2.05) is 25.1 Å². The van der Waals surface area contributed by atoms with Gasteiger partial charge in [0.25, 0.3) is 5.91 Å². The summed E-state index contributed by atoms with van der Waals surface area (Å²) >= 11 is 5.60. The van der Waals surface area contributed by atoms with Crippen molar-refractivity contribution in [1.29, 1.82) is 5.26 Å². The number of hydrogen-bond donors (Lipinski definition) is 1. The van der Waals surface area contributed by atoms with Crippen molar-refractivity contribution in [3.8, 4) is 17.6 Å². The Morgan fingerprint density at radius 2 is 1.97 bits per heavy atom. The predicted octanol–water partition coefficient (Wildman–Crippen LogP) is 6.72. The van der Waals surface area contributed by atoms with E-state index in [0.29, 0.717) is 39.4 Å². The van der Waals surface area contributed by atoms with Gasteiger partial charge in [0, 0.05) is 14.8 Å². The van der Waals surface area contributed by atoms with Crippen molar-refractivity contribution < 1.29 is 18.7 Å². The zero-order chi connectivity index (χ0) is 23.8. The minimum Gasteiger partial charge on any atom is -0.490 e. The molecule has 0 radical (unpaired) electrons. The van der Waals surface area contributed by atoms with Crippen LogP contribution >= 0.6 is 38.5 Å². The molecule has 0 fully saturated rings. The highest BCUT2D eigenvalue weighted by Crippen LogP contribution is 2.38. The molecular weight excluding hydrogens is 602 g/mol. The summed E-state index contributed by atoms with van der Waals surface area (Å²) in [6, 6.07) is 19.0. The Morgan fingerprint density at radius 3 is 2.67 bits per heavy atom. The van der Waals surface area contributed by atoms with Crippen LogP contribution in [0.1, 0.15) is 18.1 Å². The van der Waals surface area contributed by atoms with Gasteiger partial charge in [-0.2, -0.15) is 5.26 Å². The molecule has 5 nitrogen and oxygen atoms in total. The first-order chi connectivity index (χ1) is 15.9. The zero-order valence-electron chi connectivity index (χ0n) is 17.6. The lowest BCUT2D eigenvalue weighted by molar-refractivity contribution is -0.112. The van der Waals surface area contributed by atoms with Gasteiger partial charge in [0.15, 0.2) is 11.5 Å². The Balaban J connectivity index is 1.86. The Kier molecular flexibility index (Phi) is 8.86. The van der Waals surface area contributed by atoms with Crippen LogP contribution in [0.5, 0.6) is 11.5 Å². The van der Waals surface area contributed by atoms with E-state index in [1.54, 1.807) is 42.5 Å². The molecule has 3 aromatic rings. The predicted molar refractivity (Wildman–Crippen MR) is 137 cm³/mol. The van der Waals surface area contributed by atoms with E-state index >= 15 is 0 Å². The van der Waals surface area contributed by atoms with Gasteiger partial charge < -0.3 is 14.8 Å². The zero-order valence-corrected chi connectivity index (χ0v) is 21.3. The molecule has 1 amide bonds. The second kappa shape index (κ2) is 11.8. The average molecular weight is 621 g/mol. The van der Waals surface area contributed by atoms with Gasteiger partial charge in [-0.15, -0.1) is 0 Å². The third-order valence-corrected chi connectivity index (χ3v) is 5.68. The number of halogens is 3. The molecule has 0 saturated heterocycles. The molecule has 33 heavy (non-hydrogen) atoms. The molecule has 0 heterocycles. The highest BCUT2D eigenvalue weighted by Gasteiger charge is 2.15. The second-order valence-electron chi connectivity index (χ2n) is 6.78. The number of anilines is 1. The summed E-state index contributed by atoms with van der Waals surface area (Å²) in [6.07, 6.45) is 1.47. The molecule has 0 aliphatic rings. The van der Waals surface area contributed by atoms with Crippen LogP contribution in [0, 0.1) is 20.7 Å². The molecule has 168 valence electrons. The van der Waals surface area contributed by atoms with E-state index in [-0.39, 0.29) is 18.0 Å². The van der Waals surface area contributed by atoms with Crippen molar-refractivity contribution in [3.63, 3.8) is 0 Å². The standard InChI is InChI=1S/C25H19BrFIN2O3/c1-2-32-23-12-16(10-18(14-29)25(31)30-20-8-5-7-19(28)13-20)11-21(26)24(23)33-15-17-6-3-4-9-22(17)27/h3-13H,2,15H2,1H3,(H,30,31)/b18-10+. The van der Waals surface area contributed by atoms with Crippen LogP contribution in [0.4, 0.5) is 10.1 Å². The molecule has 1 N–H and O–H groups in total. The SMILES string of the molecule is CCOc1cc(/C=C(\C#N)C(=O)Nc2cccc(I)c2)cc(Br)c1OCc1ccccc1F. The first kappa shape index (κ1) is 24.7. The van der Waals surface area contributed by atoms with Crippen LogP contribution in [0.15, 0.2) is 70.7 Å². The first-order valence-corrected chi connectivity index (χ1v) is 11.8. The molecule has 3 rings (SSSR count). The number of nitriles is 1. The maximum absolute atomic E-state index is 13.9. The van der Waals surface area contributed by atoms with Crippen LogP contribution in [-0.4, -0.2) is 12.5 Å². The Bertz CT molecular complexity index is 1240. The summed E-state index contributed by atoms with van der Waals surface area (Å²) in [6.45, 7) is 2.21. The van der Waals surface area contributed by atoms with Crippen molar-refractivity contribution in [1.82, 2.24) is 0 Å². The number of nitrogens with zero attached hydrogens (tertiary/aromatic N) is 1. The Labute approximate surface area is 213 Å². The lowest BCUT2D eigenvalue weighted by Gasteiger charge is -2.15. The fourth-order valence-corrected chi connectivity index (χ4v) is 4.04. The van der Waals surface area contributed by atoms with Crippen LogP contribution in [0.2, 0.25) is 0 Å². The van der Waals surface area contributed by atoms with Gasteiger partial charge in [-0.25, -0.2) is 4.39 Å². The van der Waals surface area contributed by atoms with Gasteiger partial charge in [-0.1, -0.05) is 24.3 Å². The third-order valence-electron chi connectivity index (χ3n) is 4.42. The Hall–Kier alpha value is -2.90. The second-order valence-corrected chi connectivity index (χ2v) is 8.88. The van der Waals surface area contributed by atoms with Crippen LogP contribution in [-0.2, 0) is 11.4 Å². The number of amides is 1. The monoisotopic (exact) mass is 620 g/mol. The lowest BCUT2D eigenvalue weighted by Crippen LogP contribution is -2.13.